The zero-order valence-electron chi connectivity index (χ0n) is 17.0. The second-order valence-electron chi connectivity index (χ2n) is 9.00. The summed E-state index contributed by atoms with van der Waals surface area (Å²) in [5.74, 6) is 0.802. The maximum absolute atomic E-state index is 12.8. The van der Waals surface area contributed by atoms with Crippen LogP contribution in [0.2, 0.25) is 0 Å². The summed E-state index contributed by atoms with van der Waals surface area (Å²) < 4.78 is 25.5. The number of hydrogen-bond donors (Lipinski definition) is 1. The van der Waals surface area contributed by atoms with Crippen LogP contribution in [0.25, 0.3) is 0 Å². The van der Waals surface area contributed by atoms with E-state index in [4.69, 9.17) is 0 Å². The van der Waals surface area contributed by atoms with Crippen molar-refractivity contribution in [2.45, 2.75) is 41.5 Å². The largest absolute Gasteiger partial charge is 0.342 e. The van der Waals surface area contributed by atoms with E-state index >= 15 is 0 Å². The van der Waals surface area contributed by atoms with Crippen molar-refractivity contribution in [2.24, 2.45) is 5.92 Å². The number of amides is 1. The van der Waals surface area contributed by atoms with Crippen LogP contribution in [0.4, 0.5) is 0 Å². The fourth-order valence-electron chi connectivity index (χ4n) is 6.13. The van der Waals surface area contributed by atoms with Gasteiger partial charge in [-0.1, -0.05) is 48.5 Å². The molecule has 0 bridgehead atoms. The number of carbonyl (C=O) groups is 1. The lowest BCUT2D eigenvalue weighted by Gasteiger charge is -2.48. The van der Waals surface area contributed by atoms with Gasteiger partial charge >= 0.3 is 0 Å². The minimum Gasteiger partial charge on any atom is -0.342 e. The van der Waals surface area contributed by atoms with Gasteiger partial charge in [0.05, 0.1) is 10.6 Å². The van der Waals surface area contributed by atoms with Gasteiger partial charge in [-0.15, -0.1) is 0 Å². The molecule has 2 unspecified atom stereocenters. The smallest absolute Gasteiger partial charge is 0.209 e. The van der Waals surface area contributed by atoms with E-state index in [1.165, 1.54) is 5.56 Å². The fourth-order valence-corrected chi connectivity index (χ4v) is 7.88. The van der Waals surface area contributed by atoms with E-state index in [1.807, 2.05) is 29.2 Å². The average molecular weight is 425 g/mol. The third kappa shape index (κ3) is 3.08. The topological polar surface area (TPSA) is 66.5 Å². The van der Waals surface area contributed by atoms with Crippen LogP contribution in [-0.4, -0.2) is 51.2 Å². The number of rotatable bonds is 3. The standard InChI is InChI=1S/C24H28N2O3S/c27-17-26-12-10-19(18-6-2-1-3-7-18)14-22(26)21-15-25-16-24(21)11-13-30(28,29)23-9-5-4-8-20(23)24/h1-9,17,19,21-22,25H,10-16H2/t19?,21-,22?,24-/m0/s1. The summed E-state index contributed by atoms with van der Waals surface area (Å²) >= 11 is 0. The minimum absolute atomic E-state index is 0.102. The maximum atomic E-state index is 12.8. The first-order chi connectivity index (χ1) is 14.5. The van der Waals surface area contributed by atoms with Crippen molar-refractivity contribution in [3.63, 3.8) is 0 Å². The molecule has 30 heavy (non-hydrogen) atoms. The van der Waals surface area contributed by atoms with E-state index in [0.717, 1.165) is 44.4 Å². The fraction of sp³-hybridized carbons (Fsp3) is 0.458. The summed E-state index contributed by atoms with van der Waals surface area (Å²) in [6.07, 6.45) is 3.51. The Hall–Kier alpha value is -2.18. The van der Waals surface area contributed by atoms with Gasteiger partial charge in [0.1, 0.15) is 0 Å². The normalized spacial score (nSPS) is 32.7. The van der Waals surface area contributed by atoms with Crippen molar-refractivity contribution in [1.29, 1.82) is 0 Å². The Morgan fingerprint density at radius 3 is 2.63 bits per heavy atom. The number of nitrogens with zero attached hydrogens (tertiary/aromatic N) is 1. The molecule has 5 nitrogen and oxygen atoms in total. The number of hydrogen-bond acceptors (Lipinski definition) is 4. The number of nitrogens with one attached hydrogen (secondary N) is 1. The van der Waals surface area contributed by atoms with Crippen molar-refractivity contribution in [3.8, 4) is 0 Å². The third-order valence-corrected chi connectivity index (χ3v) is 9.42. The number of likely N-dealkylation sites (tertiary alicyclic amines) is 1. The zero-order chi connectivity index (χ0) is 20.8. The van der Waals surface area contributed by atoms with Gasteiger partial charge in [0.2, 0.25) is 6.41 Å². The zero-order valence-corrected chi connectivity index (χ0v) is 17.9. The Balaban J connectivity index is 1.54. The van der Waals surface area contributed by atoms with Crippen LogP contribution in [0.5, 0.6) is 0 Å². The Kier molecular flexibility index (Phi) is 4.94. The molecule has 6 heteroatoms. The van der Waals surface area contributed by atoms with E-state index in [1.54, 1.807) is 6.07 Å². The van der Waals surface area contributed by atoms with Crippen molar-refractivity contribution in [2.75, 3.05) is 25.4 Å². The second-order valence-corrected chi connectivity index (χ2v) is 11.1. The lowest BCUT2D eigenvalue weighted by Crippen LogP contribution is -2.53. The molecule has 2 aromatic carbocycles. The highest BCUT2D eigenvalue weighted by molar-refractivity contribution is 7.91. The molecule has 3 heterocycles. The third-order valence-electron chi connectivity index (χ3n) is 7.65. The van der Waals surface area contributed by atoms with E-state index in [0.29, 0.717) is 17.2 Å². The van der Waals surface area contributed by atoms with E-state index in [9.17, 15) is 13.2 Å². The molecule has 0 saturated carbocycles. The molecule has 1 amide bonds. The summed E-state index contributed by atoms with van der Waals surface area (Å²) in [4.78, 5) is 14.5. The van der Waals surface area contributed by atoms with Gasteiger partial charge in [-0.3, -0.25) is 4.79 Å². The maximum Gasteiger partial charge on any atom is 0.209 e. The molecule has 2 saturated heterocycles. The summed E-state index contributed by atoms with van der Waals surface area (Å²) in [5.41, 5.74) is 2.03. The van der Waals surface area contributed by atoms with E-state index in [-0.39, 0.29) is 23.1 Å². The van der Waals surface area contributed by atoms with Crippen LogP contribution in [-0.2, 0) is 20.0 Å². The highest BCUT2D eigenvalue weighted by Crippen LogP contribution is 2.49. The highest BCUT2D eigenvalue weighted by atomic mass is 32.2. The van der Waals surface area contributed by atoms with Crippen LogP contribution in [0.15, 0.2) is 59.5 Å². The van der Waals surface area contributed by atoms with Gasteiger partial charge < -0.3 is 10.2 Å². The van der Waals surface area contributed by atoms with Crippen LogP contribution in [0.3, 0.4) is 0 Å². The number of carbonyl (C=O) groups excluding carboxylic acids is 1. The molecule has 0 aliphatic carbocycles. The summed E-state index contributed by atoms with van der Waals surface area (Å²) in [6.45, 7) is 2.33. The van der Waals surface area contributed by atoms with Gasteiger partial charge in [0.25, 0.3) is 0 Å². The lowest BCUT2D eigenvalue weighted by molar-refractivity contribution is -0.123. The predicted octanol–water partition coefficient (Wildman–Crippen LogP) is 2.73. The minimum atomic E-state index is -3.24. The molecular formula is C24H28N2O3S. The van der Waals surface area contributed by atoms with Gasteiger partial charge in [-0.05, 0) is 42.4 Å². The molecule has 2 aromatic rings. The Bertz CT molecular complexity index is 1040. The first kappa shape index (κ1) is 19.8. The van der Waals surface area contributed by atoms with E-state index in [2.05, 4.69) is 29.6 Å². The van der Waals surface area contributed by atoms with Crippen molar-refractivity contribution in [1.82, 2.24) is 10.2 Å². The molecule has 1 N–H and O–H groups in total. The molecular weight excluding hydrogens is 396 g/mol. The van der Waals surface area contributed by atoms with Crippen LogP contribution < -0.4 is 5.32 Å². The first-order valence-corrected chi connectivity index (χ1v) is 12.5. The average Bonchev–Trinajstić information content (AvgIpc) is 3.22. The number of sulfone groups is 1. The predicted molar refractivity (Wildman–Crippen MR) is 116 cm³/mol. The van der Waals surface area contributed by atoms with Crippen LogP contribution >= 0.6 is 0 Å². The summed E-state index contributed by atoms with van der Waals surface area (Å²) in [5, 5.41) is 3.56. The van der Waals surface area contributed by atoms with Gasteiger partial charge in [0, 0.05) is 37.0 Å². The molecule has 3 aliphatic heterocycles. The molecule has 1 spiro atoms. The van der Waals surface area contributed by atoms with Crippen molar-refractivity contribution in [3.05, 3.63) is 65.7 Å². The summed E-state index contributed by atoms with van der Waals surface area (Å²) in [7, 11) is -3.24. The van der Waals surface area contributed by atoms with Gasteiger partial charge in [0.15, 0.2) is 9.84 Å². The summed E-state index contributed by atoms with van der Waals surface area (Å²) in [6, 6.07) is 18.2. The molecule has 0 radical (unpaired) electrons. The first-order valence-electron chi connectivity index (χ1n) is 10.8. The molecule has 158 valence electrons. The second kappa shape index (κ2) is 7.50. The Morgan fingerprint density at radius 1 is 1.07 bits per heavy atom. The molecule has 5 rings (SSSR count). The van der Waals surface area contributed by atoms with Crippen molar-refractivity contribution < 1.29 is 13.2 Å². The highest BCUT2D eigenvalue weighted by Gasteiger charge is 2.53. The molecule has 2 fully saturated rings. The van der Waals surface area contributed by atoms with Crippen molar-refractivity contribution >= 4 is 16.2 Å². The number of fused-ring (bicyclic) bond motifs is 2. The monoisotopic (exact) mass is 424 g/mol. The molecule has 4 atom stereocenters. The number of piperidine rings is 1. The Labute approximate surface area is 178 Å². The van der Waals surface area contributed by atoms with Gasteiger partial charge in [-0.25, -0.2) is 8.42 Å². The van der Waals surface area contributed by atoms with E-state index < -0.39 is 9.84 Å². The quantitative estimate of drug-likeness (QED) is 0.770. The van der Waals surface area contributed by atoms with Gasteiger partial charge in [-0.2, -0.15) is 0 Å². The SMILES string of the molecule is O=CN1CCC(c2ccccc2)CC1[C@@H]1CNC[C@]12CCS(=O)(=O)c1ccccc12. The molecule has 0 aromatic heterocycles. The van der Waals surface area contributed by atoms with Crippen LogP contribution in [0, 0.1) is 5.92 Å². The number of benzene rings is 2. The van der Waals surface area contributed by atoms with Crippen LogP contribution in [0.1, 0.15) is 36.3 Å². The Morgan fingerprint density at radius 2 is 1.83 bits per heavy atom. The lowest BCUT2D eigenvalue weighted by atomic mass is 9.65. The molecule has 3 aliphatic rings.